The molecule has 2 aromatic carbocycles. The van der Waals surface area contributed by atoms with Crippen LogP contribution in [0.1, 0.15) is 42.7 Å². The zero-order valence-corrected chi connectivity index (χ0v) is 17.5. The number of fused-ring (bicyclic) bond motifs is 1. The summed E-state index contributed by atoms with van der Waals surface area (Å²) in [5.74, 6) is 0.0449. The minimum absolute atomic E-state index is 0.0428. The molecule has 1 atom stereocenters. The number of rotatable bonds is 7. The van der Waals surface area contributed by atoms with Crippen LogP contribution in [0.25, 0.3) is 10.9 Å². The molecule has 0 aliphatic carbocycles. The van der Waals surface area contributed by atoms with Gasteiger partial charge in [0, 0.05) is 19.0 Å². The number of para-hydroxylation sites is 1. The number of carbonyl (C=O) groups is 2. The van der Waals surface area contributed by atoms with Gasteiger partial charge in [-0.05, 0) is 31.5 Å². The Morgan fingerprint density at radius 3 is 2.48 bits per heavy atom. The summed E-state index contributed by atoms with van der Waals surface area (Å²) >= 11 is 1.27. The van der Waals surface area contributed by atoms with Gasteiger partial charge >= 0.3 is 0 Å². The van der Waals surface area contributed by atoms with Gasteiger partial charge in [0.05, 0.1) is 22.7 Å². The van der Waals surface area contributed by atoms with Crippen LogP contribution >= 0.6 is 11.8 Å². The van der Waals surface area contributed by atoms with Crippen molar-refractivity contribution in [2.45, 2.75) is 38.5 Å². The van der Waals surface area contributed by atoms with E-state index in [0.29, 0.717) is 28.2 Å². The predicted octanol–water partition coefficient (Wildman–Crippen LogP) is 3.59. The third kappa shape index (κ3) is 4.74. The monoisotopic (exact) mass is 409 g/mol. The van der Waals surface area contributed by atoms with Crippen molar-refractivity contribution in [2.24, 2.45) is 0 Å². The molecule has 0 spiro atoms. The second-order valence-corrected chi connectivity index (χ2v) is 7.66. The number of ketones is 1. The van der Waals surface area contributed by atoms with E-state index in [2.05, 4.69) is 10.3 Å². The first kappa shape index (κ1) is 20.8. The Balaban J connectivity index is 1.75. The summed E-state index contributed by atoms with van der Waals surface area (Å²) < 4.78 is 1.60. The number of carbonyl (C=O) groups excluding carboxylic acids is 2. The molecule has 3 aromatic rings. The number of thioether (sulfide) groups is 1. The maximum Gasteiger partial charge on any atom is 0.262 e. The molecule has 1 unspecified atom stereocenters. The molecule has 0 fully saturated rings. The Morgan fingerprint density at radius 2 is 1.83 bits per heavy atom. The highest BCUT2D eigenvalue weighted by molar-refractivity contribution is 7.99. The van der Waals surface area contributed by atoms with Crippen molar-refractivity contribution in [2.75, 3.05) is 5.75 Å². The number of aromatic nitrogens is 2. The lowest BCUT2D eigenvalue weighted by Crippen LogP contribution is -2.23. The van der Waals surface area contributed by atoms with Crippen molar-refractivity contribution in [1.29, 1.82) is 0 Å². The van der Waals surface area contributed by atoms with Gasteiger partial charge in [0.15, 0.2) is 10.9 Å². The highest BCUT2D eigenvalue weighted by Gasteiger charge is 2.14. The molecule has 0 saturated heterocycles. The summed E-state index contributed by atoms with van der Waals surface area (Å²) in [4.78, 5) is 41.0. The fourth-order valence-electron chi connectivity index (χ4n) is 3.10. The van der Waals surface area contributed by atoms with Crippen molar-refractivity contribution in [3.8, 4) is 0 Å². The number of amides is 1. The van der Waals surface area contributed by atoms with E-state index in [1.54, 1.807) is 28.8 Å². The number of hydrogen-bond acceptors (Lipinski definition) is 5. The molecule has 1 heterocycles. The molecular weight excluding hydrogens is 386 g/mol. The molecule has 0 bridgehead atoms. The van der Waals surface area contributed by atoms with Gasteiger partial charge in [0.1, 0.15) is 0 Å². The van der Waals surface area contributed by atoms with E-state index in [0.717, 1.165) is 5.56 Å². The van der Waals surface area contributed by atoms with E-state index in [1.807, 2.05) is 38.1 Å². The smallest absolute Gasteiger partial charge is 0.262 e. The van der Waals surface area contributed by atoms with E-state index in [1.165, 1.54) is 18.7 Å². The number of hydrogen-bond donors (Lipinski definition) is 1. The summed E-state index contributed by atoms with van der Waals surface area (Å²) in [5.41, 5.74) is 2.06. The zero-order valence-electron chi connectivity index (χ0n) is 16.6. The van der Waals surface area contributed by atoms with Gasteiger partial charge in [-0.15, -0.1) is 0 Å². The van der Waals surface area contributed by atoms with Gasteiger partial charge in [0.2, 0.25) is 5.91 Å². The Bertz CT molecular complexity index is 1110. The van der Waals surface area contributed by atoms with Crippen LogP contribution in [-0.4, -0.2) is 27.0 Å². The summed E-state index contributed by atoms with van der Waals surface area (Å²) in [7, 11) is 0. The van der Waals surface area contributed by atoms with Crippen LogP contribution in [0, 0.1) is 0 Å². The molecule has 6 nitrogen and oxygen atoms in total. The maximum atomic E-state index is 12.7. The second-order valence-electron chi connectivity index (χ2n) is 6.72. The third-order valence-corrected chi connectivity index (χ3v) is 5.60. The molecule has 1 amide bonds. The molecule has 1 aromatic heterocycles. The lowest BCUT2D eigenvalue weighted by atomic mass is 10.0. The molecule has 150 valence electrons. The van der Waals surface area contributed by atoms with Crippen molar-refractivity contribution in [3.05, 3.63) is 70.0 Å². The van der Waals surface area contributed by atoms with E-state index in [4.69, 9.17) is 0 Å². The first-order chi connectivity index (χ1) is 13.9. The van der Waals surface area contributed by atoms with E-state index in [9.17, 15) is 14.4 Å². The first-order valence-electron chi connectivity index (χ1n) is 9.43. The molecule has 0 aliphatic heterocycles. The zero-order chi connectivity index (χ0) is 21.0. The van der Waals surface area contributed by atoms with E-state index in [-0.39, 0.29) is 29.0 Å². The van der Waals surface area contributed by atoms with Gasteiger partial charge < -0.3 is 5.32 Å². The number of nitrogens with zero attached hydrogens (tertiary/aromatic N) is 2. The molecule has 0 radical (unpaired) electrons. The van der Waals surface area contributed by atoms with Crippen molar-refractivity contribution >= 4 is 34.4 Å². The number of Topliss-reactive ketones (excluding diaryl/α,β-unsaturated/α-hetero) is 1. The van der Waals surface area contributed by atoms with Gasteiger partial charge in [-0.3, -0.25) is 19.0 Å². The van der Waals surface area contributed by atoms with Crippen LogP contribution in [0.5, 0.6) is 0 Å². The third-order valence-electron chi connectivity index (χ3n) is 4.63. The largest absolute Gasteiger partial charge is 0.350 e. The van der Waals surface area contributed by atoms with Crippen molar-refractivity contribution < 1.29 is 9.59 Å². The molecule has 29 heavy (non-hydrogen) atoms. The minimum atomic E-state index is -0.119. The average molecular weight is 410 g/mol. The summed E-state index contributed by atoms with van der Waals surface area (Å²) in [6.07, 6.45) is 0. The van der Waals surface area contributed by atoms with Gasteiger partial charge in [0.25, 0.3) is 5.56 Å². The molecule has 0 aliphatic rings. The van der Waals surface area contributed by atoms with Crippen LogP contribution < -0.4 is 10.9 Å². The molecule has 3 rings (SSSR count). The number of benzene rings is 2. The van der Waals surface area contributed by atoms with E-state index < -0.39 is 0 Å². The number of nitrogens with one attached hydrogen (secondary N) is 1. The van der Waals surface area contributed by atoms with Crippen LogP contribution in [0.15, 0.2) is 58.5 Å². The normalized spacial score (nSPS) is 12.0. The van der Waals surface area contributed by atoms with E-state index >= 15 is 0 Å². The molecule has 1 N–H and O–H groups in total. The second kappa shape index (κ2) is 9.05. The maximum absolute atomic E-state index is 12.7. The van der Waals surface area contributed by atoms with Crippen molar-refractivity contribution in [3.63, 3.8) is 0 Å². The minimum Gasteiger partial charge on any atom is -0.350 e. The summed E-state index contributed by atoms with van der Waals surface area (Å²) in [6.45, 7) is 5.74. The van der Waals surface area contributed by atoms with Crippen molar-refractivity contribution in [1.82, 2.24) is 14.9 Å². The fraction of sp³-hybridized carbons (Fsp3) is 0.273. The Morgan fingerprint density at radius 1 is 1.14 bits per heavy atom. The fourth-order valence-corrected chi connectivity index (χ4v) is 4.05. The average Bonchev–Trinajstić information content (AvgIpc) is 2.71. The Kier molecular flexibility index (Phi) is 6.49. The standard InChI is InChI=1S/C22H23N3O3S/c1-4-25-21(28)18-7-5-6-8-19(18)24-22(25)29-13-20(27)17-11-9-16(10-12-17)14(2)23-15(3)26/h5-12,14H,4,13H2,1-3H3,(H,23,26). The highest BCUT2D eigenvalue weighted by atomic mass is 32.2. The predicted molar refractivity (Wildman–Crippen MR) is 115 cm³/mol. The first-order valence-corrected chi connectivity index (χ1v) is 10.4. The summed E-state index contributed by atoms with van der Waals surface area (Å²) in [5, 5.41) is 3.94. The quantitative estimate of drug-likeness (QED) is 0.366. The lowest BCUT2D eigenvalue weighted by molar-refractivity contribution is -0.119. The Hall–Kier alpha value is -2.93. The molecular formula is C22H23N3O3S. The highest BCUT2D eigenvalue weighted by Crippen LogP contribution is 2.20. The van der Waals surface area contributed by atoms with Gasteiger partial charge in [-0.2, -0.15) is 0 Å². The summed E-state index contributed by atoms with van der Waals surface area (Å²) in [6, 6.07) is 14.3. The lowest BCUT2D eigenvalue weighted by Gasteiger charge is -2.13. The molecule has 0 saturated carbocycles. The Labute approximate surface area is 173 Å². The van der Waals surface area contributed by atoms with Crippen LogP contribution in [0.2, 0.25) is 0 Å². The molecule has 7 heteroatoms. The van der Waals surface area contributed by atoms with Gasteiger partial charge in [-0.1, -0.05) is 48.2 Å². The van der Waals surface area contributed by atoms with Gasteiger partial charge in [-0.25, -0.2) is 4.98 Å². The SMILES string of the molecule is CCn1c(SCC(=O)c2ccc(C(C)NC(C)=O)cc2)nc2ccccc2c1=O. The topological polar surface area (TPSA) is 81.1 Å². The van der Waals surface area contributed by atoms with Crippen LogP contribution in [0.3, 0.4) is 0 Å². The van der Waals surface area contributed by atoms with Crippen LogP contribution in [0.4, 0.5) is 0 Å². The van der Waals surface area contributed by atoms with Crippen LogP contribution in [-0.2, 0) is 11.3 Å².